The number of aromatic nitrogens is 2. The Morgan fingerprint density at radius 1 is 1.44 bits per heavy atom. The van der Waals surface area contributed by atoms with Gasteiger partial charge < -0.3 is 19.9 Å². The smallest absolute Gasteiger partial charge is 0.409 e. The summed E-state index contributed by atoms with van der Waals surface area (Å²) in [5.41, 5.74) is 1.85. The highest BCUT2D eigenvalue weighted by Gasteiger charge is 2.25. The lowest BCUT2D eigenvalue weighted by Crippen LogP contribution is -2.36. The number of carbonyl (C=O) groups excluding carboxylic acids is 2. The lowest BCUT2D eigenvalue weighted by atomic mass is 9.98. The van der Waals surface area contributed by atoms with Gasteiger partial charge in [-0.1, -0.05) is 32.4 Å². The van der Waals surface area contributed by atoms with Crippen LogP contribution in [-0.4, -0.2) is 46.6 Å². The number of carbonyl (C=O) groups is 2. The number of fused-ring (bicyclic) bond motifs is 1. The molecule has 1 aliphatic rings. The lowest BCUT2D eigenvalue weighted by molar-refractivity contribution is -0.122. The maximum Gasteiger partial charge on any atom is 0.409 e. The van der Waals surface area contributed by atoms with E-state index in [1.54, 1.807) is 4.90 Å². The summed E-state index contributed by atoms with van der Waals surface area (Å²) in [7, 11) is 0. The molecule has 1 saturated heterocycles. The van der Waals surface area contributed by atoms with Crippen LogP contribution >= 0.6 is 0 Å². The Morgan fingerprint density at radius 3 is 2.92 bits per heavy atom. The van der Waals surface area contributed by atoms with Gasteiger partial charge in [-0.15, -0.1) is 0 Å². The maximum atomic E-state index is 12.4. The zero-order valence-electron chi connectivity index (χ0n) is 14.6. The fraction of sp³-hybridized carbons (Fsp3) is 0.500. The third kappa shape index (κ3) is 3.92. The highest BCUT2D eigenvalue weighted by molar-refractivity contribution is 5.78. The van der Waals surface area contributed by atoms with Gasteiger partial charge in [0.05, 0.1) is 23.6 Å². The van der Waals surface area contributed by atoms with Crippen LogP contribution in [0.1, 0.15) is 38.6 Å². The van der Waals surface area contributed by atoms with E-state index in [0.29, 0.717) is 19.7 Å². The lowest BCUT2D eigenvalue weighted by Gasteiger charge is -2.23. The molecule has 3 rings (SSSR count). The number of nitrogens with one attached hydrogen (secondary N) is 2. The highest BCUT2D eigenvalue weighted by Crippen LogP contribution is 2.24. The van der Waals surface area contributed by atoms with E-state index in [9.17, 15) is 9.59 Å². The van der Waals surface area contributed by atoms with Gasteiger partial charge in [0.25, 0.3) is 0 Å². The van der Waals surface area contributed by atoms with E-state index in [1.165, 1.54) is 0 Å². The van der Waals surface area contributed by atoms with E-state index >= 15 is 0 Å². The molecule has 2 atom stereocenters. The minimum Gasteiger partial charge on any atom is -0.448 e. The SMILES string of the molecule is CC[C@H](C)[C@@H](NC(=O)CCN1CCOC1=O)c1nc2ccccc2[nH]1. The summed E-state index contributed by atoms with van der Waals surface area (Å²) >= 11 is 0. The molecule has 0 radical (unpaired) electrons. The summed E-state index contributed by atoms with van der Waals surface area (Å²) in [6.45, 7) is 5.50. The summed E-state index contributed by atoms with van der Waals surface area (Å²) in [4.78, 5) is 33.3. The molecular formula is C18H24N4O3. The van der Waals surface area contributed by atoms with Crippen LogP contribution in [0.2, 0.25) is 0 Å². The third-order valence-electron chi connectivity index (χ3n) is 4.69. The van der Waals surface area contributed by atoms with E-state index < -0.39 is 0 Å². The van der Waals surface area contributed by atoms with Crippen molar-refractivity contribution in [3.8, 4) is 0 Å². The highest BCUT2D eigenvalue weighted by atomic mass is 16.6. The molecule has 7 heteroatoms. The van der Waals surface area contributed by atoms with Crippen LogP contribution in [-0.2, 0) is 9.53 Å². The maximum absolute atomic E-state index is 12.4. The Bertz CT molecular complexity index is 725. The van der Waals surface area contributed by atoms with Crippen molar-refractivity contribution in [3.63, 3.8) is 0 Å². The number of H-pyrrole nitrogens is 1. The Balaban J connectivity index is 1.68. The van der Waals surface area contributed by atoms with Crippen molar-refractivity contribution < 1.29 is 14.3 Å². The molecular weight excluding hydrogens is 320 g/mol. The predicted octanol–water partition coefficient (Wildman–Crippen LogP) is 2.61. The molecule has 2 amide bonds. The first-order chi connectivity index (χ1) is 12.1. The minimum absolute atomic E-state index is 0.0922. The summed E-state index contributed by atoms with van der Waals surface area (Å²) in [6.07, 6.45) is 0.825. The van der Waals surface area contributed by atoms with Crippen molar-refractivity contribution in [2.45, 2.75) is 32.7 Å². The van der Waals surface area contributed by atoms with Crippen LogP contribution in [0.3, 0.4) is 0 Å². The molecule has 0 aliphatic carbocycles. The number of hydrogen-bond donors (Lipinski definition) is 2. The molecule has 2 aromatic rings. The summed E-state index contributed by atoms with van der Waals surface area (Å²) in [6, 6.07) is 7.63. The van der Waals surface area contributed by atoms with Gasteiger partial charge in [0.2, 0.25) is 5.91 Å². The molecule has 0 bridgehead atoms. The van der Waals surface area contributed by atoms with Crippen LogP contribution < -0.4 is 5.32 Å². The molecule has 1 fully saturated rings. The number of benzene rings is 1. The van der Waals surface area contributed by atoms with Crippen LogP contribution in [0.5, 0.6) is 0 Å². The summed E-state index contributed by atoms with van der Waals surface area (Å²) < 4.78 is 4.88. The van der Waals surface area contributed by atoms with Crippen LogP contribution in [0.15, 0.2) is 24.3 Å². The number of nitrogens with zero attached hydrogens (tertiary/aromatic N) is 2. The topological polar surface area (TPSA) is 87.3 Å². The van der Waals surface area contributed by atoms with Crippen molar-refractivity contribution in [2.75, 3.05) is 19.7 Å². The van der Waals surface area contributed by atoms with Crippen LogP contribution in [0.4, 0.5) is 4.79 Å². The second-order valence-electron chi connectivity index (χ2n) is 6.42. The first-order valence-corrected chi connectivity index (χ1v) is 8.74. The predicted molar refractivity (Wildman–Crippen MR) is 94.0 cm³/mol. The largest absolute Gasteiger partial charge is 0.448 e. The molecule has 0 spiro atoms. The van der Waals surface area contributed by atoms with Crippen molar-refractivity contribution >= 4 is 23.0 Å². The average Bonchev–Trinajstić information content (AvgIpc) is 3.22. The van der Waals surface area contributed by atoms with E-state index in [1.807, 2.05) is 24.3 Å². The molecule has 134 valence electrons. The zero-order chi connectivity index (χ0) is 17.8. The Kier molecular flexibility index (Phi) is 5.21. The minimum atomic E-state index is -0.344. The summed E-state index contributed by atoms with van der Waals surface area (Å²) in [5.74, 6) is 0.913. The first-order valence-electron chi connectivity index (χ1n) is 8.74. The number of imidazole rings is 1. The number of aromatic amines is 1. The summed E-state index contributed by atoms with van der Waals surface area (Å²) in [5, 5.41) is 3.07. The van der Waals surface area contributed by atoms with Gasteiger partial charge in [0.1, 0.15) is 12.4 Å². The standard InChI is InChI=1S/C18H24N4O3/c1-3-12(2)16(17-19-13-6-4-5-7-14(13)20-17)21-15(23)8-9-22-10-11-25-18(22)24/h4-7,12,16H,3,8-11H2,1-2H3,(H,19,20)(H,21,23)/t12-,16+/m0/s1. The Hall–Kier alpha value is -2.57. The number of hydrogen-bond acceptors (Lipinski definition) is 4. The van der Waals surface area contributed by atoms with Gasteiger partial charge in [0, 0.05) is 13.0 Å². The van der Waals surface area contributed by atoms with Crippen LogP contribution in [0, 0.1) is 5.92 Å². The van der Waals surface area contributed by atoms with Crippen molar-refractivity contribution in [2.24, 2.45) is 5.92 Å². The van der Waals surface area contributed by atoms with Gasteiger partial charge in [-0.05, 0) is 18.1 Å². The van der Waals surface area contributed by atoms with Gasteiger partial charge in [-0.25, -0.2) is 9.78 Å². The van der Waals surface area contributed by atoms with E-state index in [4.69, 9.17) is 4.74 Å². The van der Waals surface area contributed by atoms with Crippen molar-refractivity contribution in [1.82, 2.24) is 20.2 Å². The van der Waals surface area contributed by atoms with Gasteiger partial charge in [0.15, 0.2) is 0 Å². The first kappa shape index (κ1) is 17.3. The van der Waals surface area contributed by atoms with Gasteiger partial charge in [-0.2, -0.15) is 0 Å². The molecule has 1 aromatic heterocycles. The normalized spacial score (nSPS) is 16.7. The van der Waals surface area contributed by atoms with E-state index in [0.717, 1.165) is 23.3 Å². The molecule has 25 heavy (non-hydrogen) atoms. The van der Waals surface area contributed by atoms with Crippen molar-refractivity contribution in [3.05, 3.63) is 30.1 Å². The molecule has 1 aromatic carbocycles. The number of cyclic esters (lactones) is 1. The van der Waals surface area contributed by atoms with Crippen molar-refractivity contribution in [1.29, 1.82) is 0 Å². The van der Waals surface area contributed by atoms with E-state index in [2.05, 4.69) is 29.1 Å². The fourth-order valence-corrected chi connectivity index (χ4v) is 2.95. The molecule has 0 unspecified atom stereocenters. The van der Waals surface area contributed by atoms with E-state index in [-0.39, 0.29) is 30.4 Å². The van der Waals surface area contributed by atoms with Gasteiger partial charge in [-0.3, -0.25) is 4.79 Å². The number of ether oxygens (including phenoxy) is 1. The molecule has 0 saturated carbocycles. The third-order valence-corrected chi connectivity index (χ3v) is 4.69. The fourth-order valence-electron chi connectivity index (χ4n) is 2.95. The number of rotatable bonds is 7. The molecule has 2 heterocycles. The average molecular weight is 344 g/mol. The second-order valence-corrected chi connectivity index (χ2v) is 6.42. The molecule has 1 aliphatic heterocycles. The number of para-hydroxylation sites is 2. The monoisotopic (exact) mass is 344 g/mol. The Labute approximate surface area is 146 Å². The second kappa shape index (κ2) is 7.55. The Morgan fingerprint density at radius 2 is 2.24 bits per heavy atom. The quantitative estimate of drug-likeness (QED) is 0.808. The zero-order valence-corrected chi connectivity index (χ0v) is 14.6. The van der Waals surface area contributed by atoms with Gasteiger partial charge >= 0.3 is 6.09 Å². The number of amides is 2. The molecule has 2 N–H and O–H groups in total. The van der Waals surface area contributed by atoms with Crippen LogP contribution in [0.25, 0.3) is 11.0 Å². The molecule has 7 nitrogen and oxygen atoms in total.